The Morgan fingerprint density at radius 3 is 2.81 bits per heavy atom. The van der Waals surface area contributed by atoms with Gasteiger partial charge in [-0.25, -0.2) is 0 Å². The molecule has 1 aromatic heterocycles. The fraction of sp³-hybridized carbons (Fsp3) is 0.182. The summed E-state index contributed by atoms with van der Waals surface area (Å²) < 4.78 is 1.87. The van der Waals surface area contributed by atoms with E-state index in [0.717, 1.165) is 10.8 Å². The molecular formula is C11H10N4S. The van der Waals surface area contributed by atoms with Gasteiger partial charge >= 0.3 is 0 Å². The summed E-state index contributed by atoms with van der Waals surface area (Å²) in [5.41, 5.74) is 1.00. The van der Waals surface area contributed by atoms with Gasteiger partial charge in [0.15, 0.2) is 5.16 Å². The monoisotopic (exact) mass is 230 g/mol. The maximum Gasteiger partial charge on any atom is 0.196 e. The van der Waals surface area contributed by atoms with Crippen LogP contribution in [0.3, 0.4) is 0 Å². The first-order chi connectivity index (χ1) is 7.81. The molecular weight excluding hydrogens is 220 g/mol. The van der Waals surface area contributed by atoms with E-state index in [0.29, 0.717) is 0 Å². The molecule has 5 heteroatoms. The lowest BCUT2D eigenvalue weighted by Gasteiger charge is -2.06. The van der Waals surface area contributed by atoms with Gasteiger partial charge in [0.25, 0.3) is 0 Å². The normalized spacial score (nSPS) is 12.0. The third-order valence-electron chi connectivity index (χ3n) is 2.01. The van der Waals surface area contributed by atoms with E-state index in [1.54, 1.807) is 6.33 Å². The topological polar surface area (TPSA) is 54.5 Å². The zero-order valence-electron chi connectivity index (χ0n) is 8.74. The number of para-hydroxylation sites is 1. The van der Waals surface area contributed by atoms with E-state index in [4.69, 9.17) is 5.26 Å². The highest BCUT2D eigenvalue weighted by molar-refractivity contribution is 8.00. The van der Waals surface area contributed by atoms with Crippen molar-refractivity contribution in [3.05, 3.63) is 36.7 Å². The zero-order valence-corrected chi connectivity index (χ0v) is 9.56. The molecule has 0 aliphatic carbocycles. The summed E-state index contributed by atoms with van der Waals surface area (Å²) in [5, 5.41) is 17.2. The molecule has 0 saturated carbocycles. The molecule has 16 heavy (non-hydrogen) atoms. The third kappa shape index (κ3) is 2.23. The number of nitriles is 1. The minimum Gasteiger partial charge on any atom is -0.277 e. The van der Waals surface area contributed by atoms with Gasteiger partial charge in [0.1, 0.15) is 6.33 Å². The van der Waals surface area contributed by atoms with E-state index in [-0.39, 0.29) is 5.25 Å². The SMILES string of the molecule is C[C@@H](C#N)Sc1nncn1-c1ccccc1. The predicted octanol–water partition coefficient (Wildman–Crippen LogP) is 2.27. The molecule has 0 N–H and O–H groups in total. The third-order valence-corrected chi connectivity index (χ3v) is 2.96. The second-order valence-corrected chi connectivity index (χ2v) is 4.52. The number of hydrogen-bond donors (Lipinski definition) is 0. The molecule has 0 amide bonds. The molecule has 0 spiro atoms. The molecule has 4 nitrogen and oxygen atoms in total. The first-order valence-corrected chi connectivity index (χ1v) is 5.71. The van der Waals surface area contributed by atoms with Crippen LogP contribution in [0.2, 0.25) is 0 Å². The molecule has 0 aliphatic heterocycles. The minimum atomic E-state index is -0.133. The molecule has 2 aromatic rings. The molecule has 0 aliphatic rings. The molecule has 1 heterocycles. The van der Waals surface area contributed by atoms with Crippen LogP contribution in [0.25, 0.3) is 5.69 Å². The number of hydrogen-bond acceptors (Lipinski definition) is 4. The average Bonchev–Trinajstić information content (AvgIpc) is 2.78. The Morgan fingerprint density at radius 1 is 1.38 bits per heavy atom. The van der Waals surface area contributed by atoms with E-state index >= 15 is 0 Å². The molecule has 2 rings (SSSR count). The van der Waals surface area contributed by atoms with Crippen LogP contribution in [0.4, 0.5) is 0 Å². The number of nitrogens with zero attached hydrogens (tertiary/aromatic N) is 4. The Balaban J connectivity index is 2.30. The molecule has 0 radical (unpaired) electrons. The fourth-order valence-electron chi connectivity index (χ4n) is 1.25. The van der Waals surface area contributed by atoms with Crippen molar-refractivity contribution in [1.82, 2.24) is 14.8 Å². The number of benzene rings is 1. The van der Waals surface area contributed by atoms with E-state index in [1.165, 1.54) is 11.8 Å². The average molecular weight is 230 g/mol. The summed E-state index contributed by atoms with van der Waals surface area (Å²) in [6.07, 6.45) is 1.65. The van der Waals surface area contributed by atoms with Crippen LogP contribution in [-0.4, -0.2) is 20.0 Å². The van der Waals surface area contributed by atoms with Crippen molar-refractivity contribution in [2.45, 2.75) is 17.3 Å². The lowest BCUT2D eigenvalue weighted by molar-refractivity contribution is 0.881. The summed E-state index contributed by atoms with van der Waals surface area (Å²) in [4.78, 5) is 0. The Labute approximate surface area is 97.9 Å². The van der Waals surface area contributed by atoms with Crippen molar-refractivity contribution in [2.75, 3.05) is 0 Å². The highest BCUT2D eigenvalue weighted by Crippen LogP contribution is 2.22. The second-order valence-electron chi connectivity index (χ2n) is 3.21. The Kier molecular flexibility index (Phi) is 3.22. The molecule has 1 atom stereocenters. The summed E-state index contributed by atoms with van der Waals surface area (Å²) in [5.74, 6) is 0. The highest BCUT2D eigenvalue weighted by atomic mass is 32.2. The largest absolute Gasteiger partial charge is 0.277 e. The number of aromatic nitrogens is 3. The molecule has 0 fully saturated rings. The van der Waals surface area contributed by atoms with Crippen LogP contribution in [0.1, 0.15) is 6.92 Å². The second kappa shape index (κ2) is 4.81. The Hall–Kier alpha value is -1.80. The lowest BCUT2D eigenvalue weighted by Crippen LogP contribution is -1.98. The summed E-state index contributed by atoms with van der Waals surface area (Å²) in [6.45, 7) is 1.84. The van der Waals surface area contributed by atoms with Crippen LogP contribution in [0, 0.1) is 11.3 Å². The van der Waals surface area contributed by atoms with Crippen molar-refractivity contribution in [2.24, 2.45) is 0 Å². The standard InChI is InChI=1S/C11H10N4S/c1-9(7-12)16-11-14-13-8-15(11)10-5-3-2-4-6-10/h2-6,8-9H,1H3/t9-/m0/s1. The highest BCUT2D eigenvalue weighted by Gasteiger charge is 2.10. The van der Waals surface area contributed by atoms with E-state index in [9.17, 15) is 0 Å². The fourth-order valence-corrected chi connectivity index (χ4v) is 1.98. The van der Waals surface area contributed by atoms with Crippen LogP contribution in [0.15, 0.2) is 41.8 Å². The van der Waals surface area contributed by atoms with E-state index < -0.39 is 0 Å². The van der Waals surface area contributed by atoms with Crippen molar-refractivity contribution in [3.63, 3.8) is 0 Å². The Morgan fingerprint density at radius 2 is 2.12 bits per heavy atom. The predicted molar refractivity (Wildman–Crippen MR) is 62.3 cm³/mol. The smallest absolute Gasteiger partial charge is 0.196 e. The van der Waals surface area contributed by atoms with Crippen molar-refractivity contribution in [3.8, 4) is 11.8 Å². The molecule has 0 unspecified atom stereocenters. The van der Waals surface area contributed by atoms with Crippen LogP contribution in [0.5, 0.6) is 0 Å². The first-order valence-electron chi connectivity index (χ1n) is 4.83. The van der Waals surface area contributed by atoms with Crippen molar-refractivity contribution < 1.29 is 0 Å². The van der Waals surface area contributed by atoms with E-state index in [2.05, 4.69) is 16.3 Å². The summed E-state index contributed by atoms with van der Waals surface area (Å²) in [7, 11) is 0. The van der Waals surface area contributed by atoms with Gasteiger partial charge in [-0.1, -0.05) is 30.0 Å². The molecule has 80 valence electrons. The Bertz CT molecular complexity index is 500. The van der Waals surface area contributed by atoms with E-state index in [1.807, 2.05) is 41.8 Å². The van der Waals surface area contributed by atoms with Crippen LogP contribution < -0.4 is 0 Å². The maximum absolute atomic E-state index is 8.77. The summed E-state index contributed by atoms with van der Waals surface area (Å²) >= 11 is 1.40. The van der Waals surface area contributed by atoms with Gasteiger partial charge in [0, 0.05) is 5.69 Å². The van der Waals surface area contributed by atoms with Gasteiger partial charge in [-0.3, -0.25) is 4.57 Å². The molecule has 0 saturated heterocycles. The van der Waals surface area contributed by atoms with Crippen molar-refractivity contribution in [1.29, 1.82) is 5.26 Å². The number of thioether (sulfide) groups is 1. The minimum absolute atomic E-state index is 0.133. The van der Waals surface area contributed by atoms with Crippen molar-refractivity contribution >= 4 is 11.8 Å². The quantitative estimate of drug-likeness (QED) is 0.759. The van der Waals surface area contributed by atoms with Gasteiger partial charge in [-0.05, 0) is 19.1 Å². The lowest BCUT2D eigenvalue weighted by atomic mass is 10.3. The van der Waals surface area contributed by atoms with Gasteiger partial charge in [-0.2, -0.15) is 5.26 Å². The van der Waals surface area contributed by atoms with Gasteiger partial charge in [0.05, 0.1) is 11.3 Å². The maximum atomic E-state index is 8.77. The van der Waals surface area contributed by atoms with Gasteiger partial charge in [0.2, 0.25) is 0 Å². The van der Waals surface area contributed by atoms with Crippen LogP contribution >= 0.6 is 11.8 Å². The van der Waals surface area contributed by atoms with Crippen LogP contribution in [-0.2, 0) is 0 Å². The van der Waals surface area contributed by atoms with Gasteiger partial charge in [-0.15, -0.1) is 10.2 Å². The summed E-state index contributed by atoms with van der Waals surface area (Å²) in [6, 6.07) is 12.0. The molecule has 1 aromatic carbocycles. The molecule has 0 bridgehead atoms. The zero-order chi connectivity index (χ0) is 11.4. The van der Waals surface area contributed by atoms with Gasteiger partial charge < -0.3 is 0 Å². The number of rotatable bonds is 3. The first kappa shape index (κ1) is 10.7.